The summed E-state index contributed by atoms with van der Waals surface area (Å²) >= 11 is 0. The van der Waals surface area contributed by atoms with Gasteiger partial charge in [0, 0.05) is 5.39 Å². The van der Waals surface area contributed by atoms with Crippen molar-refractivity contribution in [2.24, 2.45) is 0 Å². The number of fused-ring (bicyclic) bond motifs is 1. The molecule has 0 fully saturated rings. The molecule has 0 saturated carbocycles. The van der Waals surface area contributed by atoms with Crippen molar-refractivity contribution in [3.05, 3.63) is 53.8 Å². The second-order valence-electron chi connectivity index (χ2n) is 5.65. The lowest BCUT2D eigenvalue weighted by Crippen LogP contribution is -1.96. The SMILES string of the molecule is COc1cc(/C=C/C(=O)c2cc3cccc(OC)c3o2)cc(OC)c1OC. The molecule has 27 heavy (non-hydrogen) atoms. The summed E-state index contributed by atoms with van der Waals surface area (Å²) in [4.78, 5) is 12.5. The summed E-state index contributed by atoms with van der Waals surface area (Å²) < 4.78 is 26.9. The van der Waals surface area contributed by atoms with Gasteiger partial charge < -0.3 is 23.4 Å². The molecule has 0 aliphatic carbocycles. The number of ether oxygens (including phenoxy) is 4. The van der Waals surface area contributed by atoms with E-state index in [9.17, 15) is 4.79 Å². The third-order valence-corrected chi connectivity index (χ3v) is 4.08. The van der Waals surface area contributed by atoms with E-state index in [0.717, 1.165) is 10.9 Å². The van der Waals surface area contributed by atoms with Crippen LogP contribution >= 0.6 is 0 Å². The molecule has 0 amide bonds. The fourth-order valence-corrected chi connectivity index (χ4v) is 2.77. The maximum atomic E-state index is 12.5. The Balaban J connectivity index is 1.91. The fourth-order valence-electron chi connectivity index (χ4n) is 2.77. The van der Waals surface area contributed by atoms with Gasteiger partial charge in [-0.2, -0.15) is 0 Å². The van der Waals surface area contributed by atoms with Gasteiger partial charge in [-0.15, -0.1) is 0 Å². The number of allylic oxidation sites excluding steroid dienone is 1. The van der Waals surface area contributed by atoms with Gasteiger partial charge in [0.2, 0.25) is 11.5 Å². The van der Waals surface area contributed by atoms with Crippen LogP contribution in [-0.2, 0) is 0 Å². The molecule has 0 spiro atoms. The van der Waals surface area contributed by atoms with Crippen molar-refractivity contribution in [2.45, 2.75) is 0 Å². The van der Waals surface area contributed by atoms with E-state index in [2.05, 4.69) is 0 Å². The average Bonchev–Trinajstić information content (AvgIpc) is 3.15. The van der Waals surface area contributed by atoms with Crippen LogP contribution in [0.25, 0.3) is 17.0 Å². The lowest BCUT2D eigenvalue weighted by molar-refractivity contribution is 0.102. The number of ketones is 1. The largest absolute Gasteiger partial charge is 0.493 e. The summed E-state index contributed by atoms with van der Waals surface area (Å²) in [6.45, 7) is 0. The van der Waals surface area contributed by atoms with E-state index in [1.807, 2.05) is 12.1 Å². The van der Waals surface area contributed by atoms with Crippen LogP contribution in [0.2, 0.25) is 0 Å². The van der Waals surface area contributed by atoms with Crippen LogP contribution < -0.4 is 18.9 Å². The molecule has 0 N–H and O–H groups in total. The van der Waals surface area contributed by atoms with Crippen molar-refractivity contribution < 1.29 is 28.2 Å². The van der Waals surface area contributed by atoms with E-state index in [1.54, 1.807) is 37.5 Å². The Labute approximate surface area is 156 Å². The van der Waals surface area contributed by atoms with E-state index in [4.69, 9.17) is 23.4 Å². The summed E-state index contributed by atoms with van der Waals surface area (Å²) in [6, 6.07) is 10.7. The van der Waals surface area contributed by atoms with Crippen molar-refractivity contribution in [1.29, 1.82) is 0 Å². The zero-order chi connectivity index (χ0) is 19.4. The minimum absolute atomic E-state index is 0.234. The highest BCUT2D eigenvalue weighted by Gasteiger charge is 2.14. The van der Waals surface area contributed by atoms with Crippen LogP contribution in [0.4, 0.5) is 0 Å². The topological polar surface area (TPSA) is 67.1 Å². The van der Waals surface area contributed by atoms with Crippen molar-refractivity contribution >= 4 is 22.8 Å². The van der Waals surface area contributed by atoms with Crippen molar-refractivity contribution in [1.82, 2.24) is 0 Å². The monoisotopic (exact) mass is 368 g/mol. The van der Waals surface area contributed by atoms with Gasteiger partial charge in [-0.3, -0.25) is 4.79 Å². The van der Waals surface area contributed by atoms with Crippen molar-refractivity contribution in [3.8, 4) is 23.0 Å². The number of benzene rings is 2. The molecule has 0 aliphatic rings. The Bertz CT molecular complexity index is 974. The molecule has 0 radical (unpaired) electrons. The number of hydrogen-bond acceptors (Lipinski definition) is 6. The Hall–Kier alpha value is -3.41. The first-order valence-electron chi connectivity index (χ1n) is 8.20. The van der Waals surface area contributed by atoms with Crippen LogP contribution in [-0.4, -0.2) is 34.2 Å². The molecule has 3 aromatic rings. The van der Waals surface area contributed by atoms with E-state index >= 15 is 0 Å². The van der Waals surface area contributed by atoms with Crippen LogP contribution in [0.3, 0.4) is 0 Å². The molecular weight excluding hydrogens is 348 g/mol. The molecule has 0 bridgehead atoms. The smallest absolute Gasteiger partial charge is 0.221 e. The van der Waals surface area contributed by atoms with Gasteiger partial charge in [-0.1, -0.05) is 18.2 Å². The molecule has 1 aromatic heterocycles. The Morgan fingerprint density at radius 1 is 0.889 bits per heavy atom. The third kappa shape index (κ3) is 3.60. The number of methoxy groups -OCH3 is 4. The van der Waals surface area contributed by atoms with Gasteiger partial charge in [0.05, 0.1) is 28.4 Å². The highest BCUT2D eigenvalue weighted by molar-refractivity contribution is 6.07. The lowest BCUT2D eigenvalue weighted by atomic mass is 10.1. The maximum absolute atomic E-state index is 12.5. The lowest BCUT2D eigenvalue weighted by Gasteiger charge is -2.12. The number of carbonyl (C=O) groups excluding carboxylic acids is 1. The molecule has 2 aromatic carbocycles. The number of carbonyl (C=O) groups is 1. The molecule has 3 rings (SSSR count). The highest BCUT2D eigenvalue weighted by Crippen LogP contribution is 2.38. The molecule has 0 unspecified atom stereocenters. The minimum Gasteiger partial charge on any atom is -0.493 e. The van der Waals surface area contributed by atoms with E-state index in [1.165, 1.54) is 27.4 Å². The van der Waals surface area contributed by atoms with Crippen LogP contribution in [0.1, 0.15) is 16.1 Å². The Morgan fingerprint density at radius 2 is 1.56 bits per heavy atom. The summed E-state index contributed by atoms with van der Waals surface area (Å²) in [5.41, 5.74) is 1.27. The molecule has 6 heteroatoms. The van der Waals surface area contributed by atoms with Gasteiger partial charge in [0.1, 0.15) is 0 Å². The average molecular weight is 368 g/mol. The normalized spacial score (nSPS) is 11.0. The van der Waals surface area contributed by atoms with Gasteiger partial charge >= 0.3 is 0 Å². The standard InChI is InChI=1S/C21H20O6/c1-23-16-7-5-6-14-12-17(27-20(14)16)15(22)9-8-13-10-18(24-2)21(26-4)19(11-13)25-3/h5-12H,1-4H3/b9-8+. The zero-order valence-corrected chi connectivity index (χ0v) is 15.6. The van der Waals surface area contributed by atoms with Crippen LogP contribution in [0.15, 0.2) is 46.9 Å². The van der Waals surface area contributed by atoms with E-state index in [-0.39, 0.29) is 11.5 Å². The van der Waals surface area contributed by atoms with Gasteiger partial charge in [0.15, 0.2) is 28.6 Å². The first-order valence-corrected chi connectivity index (χ1v) is 8.20. The second-order valence-corrected chi connectivity index (χ2v) is 5.65. The zero-order valence-electron chi connectivity index (χ0n) is 15.6. The van der Waals surface area contributed by atoms with Gasteiger partial charge in [0.25, 0.3) is 0 Å². The fraction of sp³-hybridized carbons (Fsp3) is 0.190. The molecule has 0 atom stereocenters. The van der Waals surface area contributed by atoms with E-state index in [0.29, 0.717) is 28.6 Å². The van der Waals surface area contributed by atoms with E-state index < -0.39 is 0 Å². The predicted octanol–water partition coefficient (Wildman–Crippen LogP) is 4.36. The summed E-state index contributed by atoms with van der Waals surface area (Å²) in [6.07, 6.45) is 3.10. The second kappa shape index (κ2) is 7.86. The number of rotatable bonds is 7. The Morgan fingerprint density at radius 3 is 2.15 bits per heavy atom. The number of hydrogen-bond donors (Lipinski definition) is 0. The van der Waals surface area contributed by atoms with Crippen molar-refractivity contribution in [2.75, 3.05) is 28.4 Å². The first-order chi connectivity index (χ1) is 13.1. The molecule has 1 heterocycles. The third-order valence-electron chi connectivity index (χ3n) is 4.08. The van der Waals surface area contributed by atoms with Gasteiger partial charge in [-0.05, 0) is 35.9 Å². The molecule has 0 saturated heterocycles. The highest BCUT2D eigenvalue weighted by atomic mass is 16.5. The molecule has 6 nitrogen and oxygen atoms in total. The van der Waals surface area contributed by atoms with Crippen LogP contribution in [0.5, 0.6) is 23.0 Å². The first kappa shape index (κ1) is 18.4. The molecular formula is C21H20O6. The van der Waals surface area contributed by atoms with Gasteiger partial charge in [-0.25, -0.2) is 0 Å². The minimum atomic E-state index is -0.262. The van der Waals surface area contributed by atoms with Crippen LogP contribution in [0, 0.1) is 0 Å². The molecule has 0 aliphatic heterocycles. The number of furan rings is 1. The summed E-state index contributed by atoms with van der Waals surface area (Å²) in [7, 11) is 6.17. The summed E-state index contributed by atoms with van der Waals surface area (Å²) in [5.74, 6) is 2.07. The predicted molar refractivity (Wildman–Crippen MR) is 102 cm³/mol. The summed E-state index contributed by atoms with van der Waals surface area (Å²) in [5, 5.41) is 0.805. The quantitative estimate of drug-likeness (QED) is 0.456. The molecule has 140 valence electrons. The van der Waals surface area contributed by atoms with Crippen molar-refractivity contribution in [3.63, 3.8) is 0 Å². The maximum Gasteiger partial charge on any atom is 0.221 e. The number of para-hydroxylation sites is 1. The Kier molecular flexibility index (Phi) is 5.35.